The van der Waals surface area contributed by atoms with Crippen LogP contribution in [0.3, 0.4) is 0 Å². The van der Waals surface area contributed by atoms with Crippen molar-refractivity contribution in [1.82, 2.24) is 10.6 Å². The zero-order valence-corrected chi connectivity index (χ0v) is 10.9. The molecule has 1 unspecified atom stereocenters. The third kappa shape index (κ3) is 2.66. The van der Waals surface area contributed by atoms with Crippen LogP contribution in [0.4, 0.5) is 0 Å². The van der Waals surface area contributed by atoms with Gasteiger partial charge in [0.1, 0.15) is 0 Å². The molecule has 1 amide bonds. The predicted molar refractivity (Wildman–Crippen MR) is 67.1 cm³/mol. The molecule has 2 aliphatic rings. The molecule has 3 N–H and O–H groups in total. The zero-order valence-electron chi connectivity index (χ0n) is 10.9. The van der Waals surface area contributed by atoms with Crippen LogP contribution in [0.2, 0.25) is 0 Å². The summed E-state index contributed by atoms with van der Waals surface area (Å²) in [6, 6.07) is 0. The van der Waals surface area contributed by atoms with Crippen LogP contribution in [0.5, 0.6) is 0 Å². The third-order valence-corrected chi connectivity index (χ3v) is 4.48. The molecule has 5 nitrogen and oxygen atoms in total. The standard InChI is InChI=1S/C13H22N2O3/c1-12(5-6-14-8-12)11(18)15-9-13(3-2-4-13)7-10(16)17/h14H,2-9H2,1H3,(H,15,18)(H,16,17). The van der Waals surface area contributed by atoms with Gasteiger partial charge < -0.3 is 15.7 Å². The van der Waals surface area contributed by atoms with Crippen LogP contribution in [0.15, 0.2) is 0 Å². The van der Waals surface area contributed by atoms with E-state index in [1.165, 1.54) is 0 Å². The van der Waals surface area contributed by atoms with E-state index >= 15 is 0 Å². The number of nitrogens with one attached hydrogen (secondary N) is 2. The normalized spacial score (nSPS) is 29.6. The first-order valence-corrected chi connectivity index (χ1v) is 6.67. The summed E-state index contributed by atoms with van der Waals surface area (Å²) in [6.45, 7) is 4.07. The van der Waals surface area contributed by atoms with E-state index in [0.717, 1.165) is 32.2 Å². The molecule has 0 spiro atoms. The summed E-state index contributed by atoms with van der Waals surface area (Å²) in [4.78, 5) is 23.0. The number of carboxylic acids is 1. The summed E-state index contributed by atoms with van der Waals surface area (Å²) in [5.74, 6) is -0.707. The summed E-state index contributed by atoms with van der Waals surface area (Å²) in [7, 11) is 0. The maximum atomic E-state index is 12.1. The Morgan fingerprint density at radius 2 is 2.06 bits per heavy atom. The highest BCUT2D eigenvalue weighted by Gasteiger charge is 2.41. The van der Waals surface area contributed by atoms with Gasteiger partial charge in [0, 0.05) is 13.1 Å². The van der Waals surface area contributed by atoms with Crippen LogP contribution in [0.1, 0.15) is 39.0 Å². The average Bonchev–Trinajstić information content (AvgIpc) is 2.69. The second-order valence-electron chi connectivity index (χ2n) is 6.09. The summed E-state index contributed by atoms with van der Waals surface area (Å²) in [6.07, 6.45) is 3.91. The molecule has 18 heavy (non-hydrogen) atoms. The van der Waals surface area contributed by atoms with E-state index in [-0.39, 0.29) is 23.2 Å². The first-order valence-electron chi connectivity index (χ1n) is 6.67. The Hall–Kier alpha value is -1.10. The van der Waals surface area contributed by atoms with Crippen LogP contribution in [-0.2, 0) is 9.59 Å². The minimum absolute atomic E-state index is 0.0594. The van der Waals surface area contributed by atoms with Crippen LogP contribution >= 0.6 is 0 Å². The van der Waals surface area contributed by atoms with Gasteiger partial charge in [0.05, 0.1) is 11.8 Å². The van der Waals surface area contributed by atoms with Crippen LogP contribution in [0.25, 0.3) is 0 Å². The smallest absolute Gasteiger partial charge is 0.303 e. The SMILES string of the molecule is CC1(C(=O)NCC2(CC(=O)O)CCC2)CCNC1. The Kier molecular flexibility index (Phi) is 3.61. The maximum Gasteiger partial charge on any atom is 0.303 e. The number of carbonyl (C=O) groups excluding carboxylic acids is 1. The van der Waals surface area contributed by atoms with Crippen molar-refractivity contribution in [3.8, 4) is 0 Å². The van der Waals surface area contributed by atoms with Gasteiger partial charge in [-0.15, -0.1) is 0 Å². The summed E-state index contributed by atoms with van der Waals surface area (Å²) in [5.41, 5.74) is -0.516. The number of hydrogen-bond acceptors (Lipinski definition) is 3. The molecule has 0 aromatic heterocycles. The molecule has 0 radical (unpaired) electrons. The van der Waals surface area contributed by atoms with E-state index in [9.17, 15) is 9.59 Å². The van der Waals surface area contributed by atoms with Crippen LogP contribution in [-0.4, -0.2) is 36.6 Å². The molecule has 1 atom stereocenters. The van der Waals surface area contributed by atoms with Gasteiger partial charge in [-0.25, -0.2) is 0 Å². The first kappa shape index (κ1) is 13.3. The number of hydrogen-bond donors (Lipinski definition) is 3. The molecule has 0 aromatic carbocycles. The van der Waals surface area contributed by atoms with Gasteiger partial charge >= 0.3 is 5.97 Å². The minimum atomic E-state index is -0.766. The summed E-state index contributed by atoms with van der Waals surface area (Å²) >= 11 is 0. The minimum Gasteiger partial charge on any atom is -0.481 e. The Morgan fingerprint density at radius 1 is 1.33 bits per heavy atom. The fourth-order valence-electron chi connectivity index (χ4n) is 2.91. The lowest BCUT2D eigenvalue weighted by atomic mass is 9.66. The Balaban J connectivity index is 1.86. The highest BCUT2D eigenvalue weighted by Crippen LogP contribution is 2.43. The van der Waals surface area contributed by atoms with Gasteiger partial charge in [-0.1, -0.05) is 6.42 Å². The second-order valence-corrected chi connectivity index (χ2v) is 6.09. The number of carboxylic acid groups (broad SMARTS) is 1. The lowest BCUT2D eigenvalue weighted by molar-refractivity contribution is -0.142. The van der Waals surface area contributed by atoms with Gasteiger partial charge in [0.2, 0.25) is 5.91 Å². The molecule has 102 valence electrons. The molecular weight excluding hydrogens is 232 g/mol. The molecular formula is C13H22N2O3. The van der Waals surface area contributed by atoms with E-state index in [4.69, 9.17) is 5.11 Å². The van der Waals surface area contributed by atoms with Gasteiger partial charge in [-0.3, -0.25) is 9.59 Å². The Labute approximate surface area is 107 Å². The fraction of sp³-hybridized carbons (Fsp3) is 0.846. The maximum absolute atomic E-state index is 12.1. The van der Waals surface area contributed by atoms with Crippen LogP contribution in [0, 0.1) is 10.8 Å². The molecule has 0 bridgehead atoms. The van der Waals surface area contributed by atoms with E-state index < -0.39 is 5.97 Å². The van der Waals surface area contributed by atoms with Gasteiger partial charge in [-0.2, -0.15) is 0 Å². The van der Waals surface area contributed by atoms with E-state index in [0.29, 0.717) is 13.1 Å². The fourth-order valence-corrected chi connectivity index (χ4v) is 2.91. The quantitative estimate of drug-likeness (QED) is 0.676. The Bertz CT molecular complexity index is 344. The zero-order chi connectivity index (χ0) is 13.2. The first-order chi connectivity index (χ1) is 8.46. The van der Waals surface area contributed by atoms with Crippen molar-refractivity contribution >= 4 is 11.9 Å². The third-order valence-electron chi connectivity index (χ3n) is 4.48. The molecule has 2 fully saturated rings. The number of rotatable bonds is 5. The van der Waals surface area contributed by atoms with E-state index in [2.05, 4.69) is 10.6 Å². The van der Waals surface area contributed by atoms with Gasteiger partial charge in [-0.05, 0) is 38.1 Å². The molecule has 1 heterocycles. The molecule has 0 aromatic rings. The molecule has 1 saturated carbocycles. The molecule has 1 aliphatic carbocycles. The van der Waals surface area contributed by atoms with E-state index in [1.807, 2.05) is 6.92 Å². The van der Waals surface area contributed by atoms with Crippen molar-refractivity contribution < 1.29 is 14.7 Å². The highest BCUT2D eigenvalue weighted by atomic mass is 16.4. The van der Waals surface area contributed by atoms with E-state index in [1.54, 1.807) is 0 Å². The van der Waals surface area contributed by atoms with Gasteiger partial charge in [0.25, 0.3) is 0 Å². The predicted octanol–water partition coefficient (Wildman–Crippen LogP) is 0.747. The topological polar surface area (TPSA) is 78.4 Å². The number of carbonyl (C=O) groups is 2. The van der Waals surface area contributed by atoms with Crippen molar-refractivity contribution in [2.75, 3.05) is 19.6 Å². The lowest BCUT2D eigenvalue weighted by Crippen LogP contribution is -2.48. The summed E-state index contributed by atoms with van der Waals surface area (Å²) in [5, 5.41) is 15.1. The molecule has 5 heteroatoms. The molecule has 2 rings (SSSR count). The summed E-state index contributed by atoms with van der Waals surface area (Å²) < 4.78 is 0. The number of amides is 1. The Morgan fingerprint density at radius 3 is 2.50 bits per heavy atom. The van der Waals surface area contributed by atoms with Crippen molar-refractivity contribution in [3.63, 3.8) is 0 Å². The van der Waals surface area contributed by atoms with Crippen LogP contribution < -0.4 is 10.6 Å². The molecule has 1 aliphatic heterocycles. The van der Waals surface area contributed by atoms with Crippen molar-refractivity contribution in [1.29, 1.82) is 0 Å². The largest absolute Gasteiger partial charge is 0.481 e. The molecule has 1 saturated heterocycles. The average molecular weight is 254 g/mol. The van der Waals surface area contributed by atoms with Crippen molar-refractivity contribution in [2.45, 2.75) is 39.0 Å². The lowest BCUT2D eigenvalue weighted by Gasteiger charge is -2.41. The van der Waals surface area contributed by atoms with Crippen molar-refractivity contribution in [3.05, 3.63) is 0 Å². The highest BCUT2D eigenvalue weighted by molar-refractivity contribution is 5.83. The second kappa shape index (κ2) is 4.88. The van der Waals surface area contributed by atoms with Crippen molar-refractivity contribution in [2.24, 2.45) is 10.8 Å². The monoisotopic (exact) mass is 254 g/mol. The number of aliphatic carboxylic acids is 1. The van der Waals surface area contributed by atoms with Gasteiger partial charge in [0.15, 0.2) is 0 Å².